The van der Waals surface area contributed by atoms with Gasteiger partial charge in [0, 0.05) is 31.1 Å². The Hall–Kier alpha value is -2.03. The Morgan fingerprint density at radius 3 is 2.50 bits per heavy atom. The molecule has 3 heterocycles. The summed E-state index contributed by atoms with van der Waals surface area (Å²) < 4.78 is 27.9. The van der Waals surface area contributed by atoms with Crippen LogP contribution in [0.5, 0.6) is 0 Å². The molecule has 0 N–H and O–H groups in total. The summed E-state index contributed by atoms with van der Waals surface area (Å²) >= 11 is 1.80. The van der Waals surface area contributed by atoms with E-state index < -0.39 is 10.0 Å². The Bertz CT molecular complexity index is 1210. The first-order chi connectivity index (χ1) is 14.4. The molecule has 2 aromatic heterocycles. The second-order valence-corrected chi connectivity index (χ2v) is 11.2. The van der Waals surface area contributed by atoms with Gasteiger partial charge in [0.1, 0.15) is 17.0 Å². The molecule has 1 aromatic carbocycles. The Kier molecular flexibility index (Phi) is 5.03. The SMILES string of the molecule is Cc1ccc(S(=O)(=O)N2CCN(c3ncnc4sc5c(c34)CCCC5)CC2)cc1C. The summed E-state index contributed by atoms with van der Waals surface area (Å²) in [5.74, 6) is 0.975. The van der Waals surface area contributed by atoms with E-state index in [-0.39, 0.29) is 0 Å². The van der Waals surface area contributed by atoms with Gasteiger partial charge in [0.05, 0.1) is 10.3 Å². The van der Waals surface area contributed by atoms with Crippen molar-refractivity contribution >= 4 is 37.4 Å². The highest BCUT2D eigenvalue weighted by Crippen LogP contribution is 2.39. The van der Waals surface area contributed by atoms with Gasteiger partial charge in [-0.3, -0.25) is 0 Å². The number of anilines is 1. The fourth-order valence-electron chi connectivity index (χ4n) is 4.48. The van der Waals surface area contributed by atoms with Crippen LogP contribution in [0.15, 0.2) is 29.4 Å². The number of rotatable bonds is 3. The van der Waals surface area contributed by atoms with Crippen LogP contribution < -0.4 is 4.90 Å². The van der Waals surface area contributed by atoms with Gasteiger partial charge in [0.15, 0.2) is 0 Å². The normalized spacial score (nSPS) is 18.0. The Morgan fingerprint density at radius 1 is 0.967 bits per heavy atom. The second-order valence-electron chi connectivity index (χ2n) is 8.23. The summed E-state index contributed by atoms with van der Waals surface area (Å²) in [7, 11) is -3.48. The van der Waals surface area contributed by atoms with E-state index in [1.165, 1.54) is 28.7 Å². The first kappa shape index (κ1) is 19.9. The van der Waals surface area contributed by atoms with Crippen molar-refractivity contribution in [2.45, 2.75) is 44.4 Å². The van der Waals surface area contributed by atoms with Crippen LogP contribution in [0.3, 0.4) is 0 Å². The van der Waals surface area contributed by atoms with Gasteiger partial charge in [0.2, 0.25) is 10.0 Å². The van der Waals surface area contributed by atoms with E-state index in [0.717, 1.165) is 34.6 Å². The molecule has 0 spiro atoms. The Labute approximate surface area is 181 Å². The van der Waals surface area contributed by atoms with Crippen molar-refractivity contribution in [3.05, 3.63) is 46.1 Å². The van der Waals surface area contributed by atoms with Crippen molar-refractivity contribution in [3.8, 4) is 0 Å². The number of aromatic nitrogens is 2. The lowest BCUT2D eigenvalue weighted by molar-refractivity contribution is 0.384. The third kappa shape index (κ3) is 3.31. The van der Waals surface area contributed by atoms with E-state index >= 15 is 0 Å². The number of benzene rings is 1. The molecular weight excluding hydrogens is 416 g/mol. The summed E-state index contributed by atoms with van der Waals surface area (Å²) in [4.78, 5) is 14.3. The van der Waals surface area contributed by atoms with Crippen molar-refractivity contribution in [1.82, 2.24) is 14.3 Å². The van der Waals surface area contributed by atoms with Gasteiger partial charge in [-0.05, 0) is 68.4 Å². The molecule has 0 unspecified atom stereocenters. The van der Waals surface area contributed by atoms with Crippen LogP contribution in [0.2, 0.25) is 0 Å². The van der Waals surface area contributed by atoms with Gasteiger partial charge >= 0.3 is 0 Å². The zero-order valence-corrected chi connectivity index (χ0v) is 19.0. The molecule has 0 radical (unpaired) electrons. The number of piperazine rings is 1. The van der Waals surface area contributed by atoms with E-state index in [4.69, 9.17) is 0 Å². The van der Waals surface area contributed by atoms with Crippen molar-refractivity contribution in [2.24, 2.45) is 0 Å². The average Bonchev–Trinajstić information content (AvgIpc) is 3.14. The molecule has 158 valence electrons. The predicted molar refractivity (Wildman–Crippen MR) is 121 cm³/mol. The summed E-state index contributed by atoms with van der Waals surface area (Å²) in [5, 5.41) is 1.20. The minimum absolute atomic E-state index is 0.385. The van der Waals surface area contributed by atoms with Crippen LogP contribution in [0.25, 0.3) is 10.2 Å². The van der Waals surface area contributed by atoms with Gasteiger partial charge in [-0.2, -0.15) is 4.31 Å². The summed E-state index contributed by atoms with van der Waals surface area (Å²) in [5.41, 5.74) is 3.52. The Morgan fingerprint density at radius 2 is 1.73 bits per heavy atom. The number of thiophene rings is 1. The van der Waals surface area contributed by atoms with E-state index in [1.54, 1.807) is 34.1 Å². The minimum Gasteiger partial charge on any atom is -0.353 e. The Balaban J connectivity index is 1.40. The maximum atomic E-state index is 13.1. The maximum Gasteiger partial charge on any atom is 0.243 e. The van der Waals surface area contributed by atoms with Crippen LogP contribution >= 0.6 is 11.3 Å². The molecule has 5 rings (SSSR count). The van der Waals surface area contributed by atoms with Crippen molar-refractivity contribution in [3.63, 3.8) is 0 Å². The third-order valence-electron chi connectivity index (χ3n) is 6.39. The van der Waals surface area contributed by atoms with Gasteiger partial charge in [0.25, 0.3) is 0 Å². The second kappa shape index (κ2) is 7.59. The molecule has 1 aliphatic heterocycles. The smallest absolute Gasteiger partial charge is 0.243 e. The highest BCUT2D eigenvalue weighted by molar-refractivity contribution is 7.89. The highest BCUT2D eigenvalue weighted by Gasteiger charge is 2.30. The lowest BCUT2D eigenvalue weighted by Gasteiger charge is -2.35. The van der Waals surface area contributed by atoms with Crippen LogP contribution in [0, 0.1) is 13.8 Å². The molecule has 1 aliphatic carbocycles. The van der Waals surface area contributed by atoms with Gasteiger partial charge < -0.3 is 4.90 Å². The third-order valence-corrected chi connectivity index (χ3v) is 9.48. The van der Waals surface area contributed by atoms with Gasteiger partial charge in [-0.15, -0.1) is 11.3 Å². The highest BCUT2D eigenvalue weighted by atomic mass is 32.2. The van der Waals surface area contributed by atoms with Gasteiger partial charge in [-0.25, -0.2) is 18.4 Å². The van der Waals surface area contributed by atoms with Crippen molar-refractivity contribution < 1.29 is 8.42 Å². The molecule has 0 atom stereocenters. The predicted octanol–water partition coefficient (Wildman–Crippen LogP) is 3.70. The van der Waals surface area contributed by atoms with Crippen molar-refractivity contribution in [2.75, 3.05) is 31.1 Å². The van der Waals surface area contributed by atoms with E-state index in [9.17, 15) is 8.42 Å². The zero-order chi connectivity index (χ0) is 20.9. The topological polar surface area (TPSA) is 66.4 Å². The zero-order valence-electron chi connectivity index (χ0n) is 17.4. The molecule has 8 heteroatoms. The quantitative estimate of drug-likeness (QED) is 0.619. The number of sulfonamides is 1. The van der Waals surface area contributed by atoms with Crippen LogP contribution in [-0.4, -0.2) is 48.9 Å². The summed E-state index contributed by atoms with van der Waals surface area (Å²) in [6.45, 7) is 6.16. The summed E-state index contributed by atoms with van der Waals surface area (Å²) in [6, 6.07) is 5.38. The molecule has 6 nitrogen and oxygen atoms in total. The molecule has 0 bridgehead atoms. The monoisotopic (exact) mass is 442 g/mol. The molecule has 1 fully saturated rings. The van der Waals surface area contributed by atoms with E-state index in [1.807, 2.05) is 19.9 Å². The first-order valence-corrected chi connectivity index (χ1v) is 12.8. The molecule has 2 aliphatic rings. The fourth-order valence-corrected chi connectivity index (χ4v) is 7.21. The van der Waals surface area contributed by atoms with Crippen LogP contribution in [0.1, 0.15) is 34.4 Å². The van der Waals surface area contributed by atoms with E-state index in [0.29, 0.717) is 31.1 Å². The number of fused-ring (bicyclic) bond motifs is 3. The number of nitrogens with zero attached hydrogens (tertiary/aromatic N) is 4. The average molecular weight is 443 g/mol. The number of hydrogen-bond donors (Lipinski definition) is 0. The lowest BCUT2D eigenvalue weighted by Crippen LogP contribution is -2.49. The maximum absolute atomic E-state index is 13.1. The lowest BCUT2D eigenvalue weighted by atomic mass is 9.97. The van der Waals surface area contributed by atoms with Crippen LogP contribution in [0.4, 0.5) is 5.82 Å². The minimum atomic E-state index is -3.48. The molecule has 3 aromatic rings. The first-order valence-electron chi connectivity index (χ1n) is 10.5. The van der Waals surface area contributed by atoms with Gasteiger partial charge in [-0.1, -0.05) is 6.07 Å². The molecule has 0 saturated carbocycles. The molecule has 1 saturated heterocycles. The molecular formula is C22H26N4O2S2. The van der Waals surface area contributed by atoms with E-state index in [2.05, 4.69) is 14.9 Å². The standard InChI is InChI=1S/C22H26N4O2S2/c1-15-7-8-17(13-16(15)2)30(27,28)26-11-9-25(10-12-26)21-20-18-5-3-4-6-19(18)29-22(20)24-14-23-21/h7-8,13-14H,3-6,9-12H2,1-2H3. The molecule has 0 amide bonds. The summed E-state index contributed by atoms with van der Waals surface area (Å²) in [6.07, 6.45) is 6.35. The largest absolute Gasteiger partial charge is 0.353 e. The van der Waals surface area contributed by atoms with Crippen LogP contribution in [-0.2, 0) is 22.9 Å². The number of hydrogen-bond acceptors (Lipinski definition) is 6. The number of aryl methyl sites for hydroxylation is 4. The van der Waals surface area contributed by atoms with Crippen molar-refractivity contribution in [1.29, 1.82) is 0 Å². The fraction of sp³-hybridized carbons (Fsp3) is 0.455. The molecule has 30 heavy (non-hydrogen) atoms.